The first-order valence-corrected chi connectivity index (χ1v) is 11.2. The number of anilines is 1. The van der Waals surface area contributed by atoms with Crippen LogP contribution in [0.5, 0.6) is 11.5 Å². The van der Waals surface area contributed by atoms with Crippen molar-refractivity contribution < 1.29 is 35.9 Å². The Hall–Kier alpha value is -2.79. The second kappa shape index (κ2) is 9.37. The van der Waals surface area contributed by atoms with Gasteiger partial charge in [-0.3, -0.25) is 4.79 Å². The Morgan fingerprint density at radius 2 is 1.59 bits per heavy atom. The first-order valence-electron chi connectivity index (χ1n) is 9.76. The monoisotopic (exact) mass is 472 g/mol. The Balaban J connectivity index is 1.62. The maximum absolute atomic E-state index is 13.0. The summed E-state index contributed by atoms with van der Waals surface area (Å²) in [6, 6.07) is 8.50. The second-order valence-electron chi connectivity index (χ2n) is 7.26. The van der Waals surface area contributed by atoms with Gasteiger partial charge in [0.15, 0.2) is 11.5 Å². The third-order valence-electron chi connectivity index (χ3n) is 5.30. The third-order valence-corrected chi connectivity index (χ3v) is 7.19. The first kappa shape index (κ1) is 23.9. The molecule has 11 heteroatoms. The van der Waals surface area contributed by atoms with Crippen LogP contribution < -0.4 is 14.8 Å². The number of hydrogen-bond acceptors (Lipinski definition) is 5. The van der Waals surface area contributed by atoms with Crippen molar-refractivity contribution in [3.63, 3.8) is 0 Å². The lowest BCUT2D eigenvalue weighted by atomic mass is 9.97. The Kier molecular flexibility index (Phi) is 6.99. The molecular formula is C21H23F3N2O5S. The van der Waals surface area contributed by atoms with E-state index in [0.29, 0.717) is 24.3 Å². The summed E-state index contributed by atoms with van der Waals surface area (Å²) in [7, 11) is -0.924. The number of nitrogens with zero attached hydrogens (tertiary/aromatic N) is 1. The van der Waals surface area contributed by atoms with Crippen molar-refractivity contribution in [2.75, 3.05) is 32.6 Å². The van der Waals surface area contributed by atoms with Gasteiger partial charge in [-0.15, -0.1) is 0 Å². The minimum absolute atomic E-state index is 0.0582. The van der Waals surface area contributed by atoms with E-state index in [9.17, 15) is 26.4 Å². The summed E-state index contributed by atoms with van der Waals surface area (Å²) in [4.78, 5) is 12.6. The molecule has 0 unspecified atom stereocenters. The number of halogens is 3. The van der Waals surface area contributed by atoms with Crippen molar-refractivity contribution in [3.05, 3.63) is 48.0 Å². The van der Waals surface area contributed by atoms with Gasteiger partial charge in [-0.25, -0.2) is 8.42 Å². The zero-order chi connectivity index (χ0) is 23.5. The Morgan fingerprint density at radius 3 is 2.12 bits per heavy atom. The number of sulfonamides is 1. The SMILES string of the molecule is COc1ccc(S(=O)(=O)N2CCC(C(=O)Nc3ccc(C(F)(F)F)cc3)CC2)cc1OC. The summed E-state index contributed by atoms with van der Waals surface area (Å²) in [5.74, 6) is -0.105. The maximum Gasteiger partial charge on any atom is 0.416 e. The van der Waals surface area contributed by atoms with E-state index in [2.05, 4.69) is 5.32 Å². The van der Waals surface area contributed by atoms with Crippen LogP contribution in [0.4, 0.5) is 18.9 Å². The number of carbonyl (C=O) groups excluding carboxylic acids is 1. The lowest BCUT2D eigenvalue weighted by Crippen LogP contribution is -2.41. The fourth-order valence-corrected chi connectivity index (χ4v) is 4.96. The van der Waals surface area contributed by atoms with Crippen LogP contribution in [0.15, 0.2) is 47.4 Å². The molecule has 2 aromatic rings. The first-order chi connectivity index (χ1) is 15.1. The van der Waals surface area contributed by atoms with Gasteiger partial charge in [0.2, 0.25) is 15.9 Å². The number of benzene rings is 2. The normalized spacial score (nSPS) is 15.9. The highest BCUT2D eigenvalue weighted by atomic mass is 32.2. The van der Waals surface area contributed by atoms with Crippen molar-refractivity contribution in [2.45, 2.75) is 23.9 Å². The predicted molar refractivity (Wildman–Crippen MR) is 111 cm³/mol. The molecule has 0 saturated carbocycles. The van der Waals surface area contributed by atoms with E-state index in [4.69, 9.17) is 9.47 Å². The number of nitrogens with one attached hydrogen (secondary N) is 1. The average molecular weight is 472 g/mol. The van der Waals surface area contributed by atoms with Crippen molar-refractivity contribution in [1.82, 2.24) is 4.31 Å². The highest BCUT2D eigenvalue weighted by Gasteiger charge is 2.33. The van der Waals surface area contributed by atoms with Crippen LogP contribution in [0, 0.1) is 5.92 Å². The second-order valence-corrected chi connectivity index (χ2v) is 9.20. The fraction of sp³-hybridized carbons (Fsp3) is 0.381. The molecule has 0 spiro atoms. The van der Waals surface area contributed by atoms with E-state index in [1.807, 2.05) is 0 Å². The molecule has 174 valence electrons. The van der Waals surface area contributed by atoms with Crippen molar-refractivity contribution in [1.29, 1.82) is 0 Å². The highest BCUT2D eigenvalue weighted by Crippen LogP contribution is 2.33. The summed E-state index contributed by atoms with van der Waals surface area (Å²) < 4.78 is 75.5. The summed E-state index contributed by atoms with van der Waals surface area (Å²) in [5, 5.41) is 2.60. The van der Waals surface area contributed by atoms with Crippen molar-refractivity contribution in [3.8, 4) is 11.5 Å². The fourth-order valence-electron chi connectivity index (χ4n) is 3.47. The van der Waals surface area contributed by atoms with Crippen LogP contribution in [-0.2, 0) is 21.0 Å². The van der Waals surface area contributed by atoms with Crippen molar-refractivity contribution in [2.24, 2.45) is 5.92 Å². The molecule has 7 nitrogen and oxygen atoms in total. The molecule has 0 bridgehead atoms. The van der Waals surface area contributed by atoms with Crippen LogP contribution in [-0.4, -0.2) is 45.9 Å². The summed E-state index contributed by atoms with van der Waals surface area (Å²) in [6.07, 6.45) is -3.87. The molecule has 0 atom stereocenters. The molecule has 0 radical (unpaired) electrons. The number of methoxy groups -OCH3 is 2. The number of carbonyl (C=O) groups is 1. The molecule has 1 fully saturated rings. The van der Waals surface area contributed by atoms with E-state index < -0.39 is 27.7 Å². The average Bonchev–Trinajstić information content (AvgIpc) is 2.78. The largest absolute Gasteiger partial charge is 0.493 e. The van der Waals surface area contributed by atoms with Gasteiger partial charge in [-0.05, 0) is 49.2 Å². The molecular weight excluding hydrogens is 449 g/mol. The third kappa shape index (κ3) is 5.16. The van der Waals surface area contributed by atoms with E-state index >= 15 is 0 Å². The Morgan fingerprint density at radius 1 is 1.00 bits per heavy atom. The van der Waals surface area contributed by atoms with E-state index in [0.717, 1.165) is 12.1 Å². The zero-order valence-electron chi connectivity index (χ0n) is 17.5. The minimum Gasteiger partial charge on any atom is -0.493 e. The lowest BCUT2D eigenvalue weighted by molar-refractivity contribution is -0.137. The number of rotatable bonds is 6. The Bertz CT molecular complexity index is 1060. The maximum atomic E-state index is 13.0. The summed E-state index contributed by atoms with van der Waals surface area (Å²) in [5.41, 5.74) is -0.549. The molecule has 1 saturated heterocycles. The number of piperidine rings is 1. The number of hydrogen-bond donors (Lipinski definition) is 1. The number of alkyl halides is 3. The van der Waals surface area contributed by atoms with Crippen molar-refractivity contribution >= 4 is 21.6 Å². The molecule has 3 rings (SSSR count). The van der Waals surface area contributed by atoms with Gasteiger partial charge in [0.05, 0.1) is 24.7 Å². The van der Waals surface area contributed by atoms with Gasteiger partial charge < -0.3 is 14.8 Å². The van der Waals surface area contributed by atoms with E-state index in [1.165, 1.54) is 48.9 Å². The topological polar surface area (TPSA) is 84.9 Å². The van der Waals surface area contributed by atoms with Crippen LogP contribution in [0.3, 0.4) is 0 Å². The minimum atomic E-state index is -4.45. The van der Waals surface area contributed by atoms with Crippen LogP contribution in [0.1, 0.15) is 18.4 Å². The smallest absolute Gasteiger partial charge is 0.416 e. The van der Waals surface area contributed by atoms with Gasteiger partial charge in [0.25, 0.3) is 0 Å². The van der Waals surface area contributed by atoms with E-state index in [1.54, 1.807) is 0 Å². The molecule has 2 aromatic carbocycles. The summed E-state index contributed by atoms with van der Waals surface area (Å²) in [6.45, 7) is 0.281. The van der Waals surface area contributed by atoms with Gasteiger partial charge in [-0.2, -0.15) is 17.5 Å². The van der Waals surface area contributed by atoms with Crippen LogP contribution in [0.2, 0.25) is 0 Å². The predicted octanol–water partition coefficient (Wildman–Crippen LogP) is 3.76. The van der Waals surface area contributed by atoms with Gasteiger partial charge >= 0.3 is 6.18 Å². The van der Waals surface area contributed by atoms with Gasteiger partial charge in [0, 0.05) is 30.8 Å². The summed E-state index contributed by atoms with van der Waals surface area (Å²) >= 11 is 0. The van der Waals surface area contributed by atoms with Gasteiger partial charge in [-0.1, -0.05) is 0 Å². The number of ether oxygens (including phenoxy) is 2. The number of amides is 1. The quantitative estimate of drug-likeness (QED) is 0.692. The van der Waals surface area contributed by atoms with E-state index in [-0.39, 0.29) is 29.6 Å². The lowest BCUT2D eigenvalue weighted by Gasteiger charge is -2.30. The molecule has 32 heavy (non-hydrogen) atoms. The zero-order valence-corrected chi connectivity index (χ0v) is 18.3. The molecule has 1 N–H and O–H groups in total. The molecule has 1 aliphatic rings. The molecule has 0 aromatic heterocycles. The molecule has 1 aliphatic heterocycles. The Labute approximate surface area is 184 Å². The molecule has 0 aliphatic carbocycles. The standard InChI is InChI=1S/C21H23F3N2O5S/c1-30-18-8-7-17(13-19(18)31-2)32(28,29)26-11-9-14(10-12-26)20(27)25-16-5-3-15(4-6-16)21(22,23)24/h3-8,13-14H,9-12H2,1-2H3,(H,25,27). The van der Waals surface area contributed by atoms with Crippen LogP contribution in [0.25, 0.3) is 0 Å². The molecule has 1 heterocycles. The highest BCUT2D eigenvalue weighted by molar-refractivity contribution is 7.89. The van der Waals surface area contributed by atoms with Gasteiger partial charge in [0.1, 0.15) is 0 Å². The van der Waals surface area contributed by atoms with Crippen LogP contribution >= 0.6 is 0 Å². The molecule has 1 amide bonds.